The largest absolute Gasteiger partial charge is 0.497 e. The Morgan fingerprint density at radius 3 is 1.79 bits per heavy atom. The van der Waals surface area contributed by atoms with Gasteiger partial charge in [0.2, 0.25) is 12.4 Å². The molecule has 0 radical (unpaired) electrons. The van der Waals surface area contributed by atoms with E-state index in [9.17, 15) is 14.7 Å². The normalized spacial score (nSPS) is 21.8. The molecule has 0 spiro atoms. The van der Waals surface area contributed by atoms with Crippen LogP contribution < -0.4 is 9.47 Å². The van der Waals surface area contributed by atoms with Crippen molar-refractivity contribution in [3.05, 3.63) is 96.1 Å². The molecule has 0 unspecified atom stereocenters. The average molecular weight is 464 g/mol. The van der Waals surface area contributed by atoms with Gasteiger partial charge in [-0.1, -0.05) is 36.4 Å². The molecule has 0 saturated carbocycles. The van der Waals surface area contributed by atoms with Crippen LogP contribution in [0.15, 0.2) is 84.9 Å². The van der Waals surface area contributed by atoms with Crippen LogP contribution in [-0.4, -0.2) is 55.4 Å². The highest BCUT2D eigenvalue weighted by Gasteiger charge is 2.47. The molecule has 0 aliphatic carbocycles. The lowest BCUT2D eigenvalue weighted by Gasteiger charge is -2.39. The first-order valence-corrected chi connectivity index (χ1v) is 10.7. The maximum Gasteiger partial charge on any atom is 0.338 e. The van der Waals surface area contributed by atoms with E-state index in [-0.39, 0.29) is 6.61 Å². The van der Waals surface area contributed by atoms with Crippen molar-refractivity contribution >= 4 is 11.9 Å². The lowest BCUT2D eigenvalue weighted by atomic mass is 10.0. The third kappa shape index (κ3) is 5.54. The summed E-state index contributed by atoms with van der Waals surface area (Å²) in [5, 5.41) is 10.6. The fourth-order valence-corrected chi connectivity index (χ4v) is 3.45. The van der Waals surface area contributed by atoms with Crippen LogP contribution >= 0.6 is 0 Å². The number of ether oxygens (including phenoxy) is 5. The number of carbonyl (C=O) groups excluding carboxylic acids is 2. The van der Waals surface area contributed by atoms with Crippen LogP contribution in [0, 0.1) is 0 Å². The summed E-state index contributed by atoms with van der Waals surface area (Å²) < 4.78 is 28.0. The highest BCUT2D eigenvalue weighted by atomic mass is 16.7. The maximum atomic E-state index is 12.8. The zero-order chi connectivity index (χ0) is 23.9. The van der Waals surface area contributed by atoms with Gasteiger partial charge < -0.3 is 28.8 Å². The summed E-state index contributed by atoms with van der Waals surface area (Å²) in [6.45, 7) is -0.188. The molecule has 1 saturated heterocycles. The Balaban J connectivity index is 1.59. The van der Waals surface area contributed by atoms with Crippen LogP contribution in [0.5, 0.6) is 11.5 Å². The molecule has 1 N–H and O–H groups in total. The first-order valence-electron chi connectivity index (χ1n) is 10.7. The van der Waals surface area contributed by atoms with Crippen LogP contribution in [0.25, 0.3) is 0 Å². The molecule has 1 heterocycles. The zero-order valence-electron chi connectivity index (χ0n) is 18.4. The summed E-state index contributed by atoms with van der Waals surface area (Å²) in [5.41, 5.74) is 0.584. The van der Waals surface area contributed by atoms with Gasteiger partial charge >= 0.3 is 11.9 Å². The van der Waals surface area contributed by atoms with Crippen molar-refractivity contribution < 1.29 is 38.4 Å². The number of rotatable bonds is 7. The SMILES string of the molecule is COc1ccc(O[C@H]2OC[C@@H](O)[C@H](OC(=O)c3ccccc3)[C@H]2OC(=O)c2ccccc2)cc1. The van der Waals surface area contributed by atoms with Gasteiger partial charge in [-0.15, -0.1) is 0 Å². The predicted molar refractivity (Wildman–Crippen MR) is 121 cm³/mol. The molecule has 1 aliphatic heterocycles. The van der Waals surface area contributed by atoms with Gasteiger partial charge in [-0.3, -0.25) is 0 Å². The molecule has 0 amide bonds. The highest BCUT2D eigenvalue weighted by molar-refractivity contribution is 5.90. The number of aliphatic hydroxyl groups is 1. The molecule has 8 nitrogen and oxygen atoms in total. The molecule has 1 aliphatic rings. The molecule has 3 aromatic carbocycles. The number of hydrogen-bond acceptors (Lipinski definition) is 8. The Kier molecular flexibility index (Phi) is 7.41. The van der Waals surface area contributed by atoms with Crippen molar-refractivity contribution in [2.75, 3.05) is 13.7 Å². The summed E-state index contributed by atoms with van der Waals surface area (Å²) >= 11 is 0. The van der Waals surface area contributed by atoms with E-state index in [2.05, 4.69) is 0 Å². The van der Waals surface area contributed by atoms with Gasteiger partial charge in [-0.25, -0.2) is 9.59 Å². The van der Waals surface area contributed by atoms with Gasteiger partial charge in [0, 0.05) is 0 Å². The third-order valence-corrected chi connectivity index (χ3v) is 5.22. The van der Waals surface area contributed by atoms with Crippen molar-refractivity contribution in [1.29, 1.82) is 0 Å². The summed E-state index contributed by atoms with van der Waals surface area (Å²) in [6.07, 6.45) is -4.85. The van der Waals surface area contributed by atoms with E-state index in [1.165, 1.54) is 0 Å². The predicted octanol–water partition coefficient (Wildman–Crippen LogP) is 3.24. The Morgan fingerprint density at radius 1 is 0.765 bits per heavy atom. The van der Waals surface area contributed by atoms with Crippen LogP contribution in [0.3, 0.4) is 0 Å². The van der Waals surface area contributed by atoms with Gasteiger partial charge in [0.25, 0.3) is 0 Å². The Labute approximate surface area is 196 Å². The summed E-state index contributed by atoms with van der Waals surface area (Å²) in [5.74, 6) is -0.298. The molecule has 4 rings (SSSR count). The van der Waals surface area contributed by atoms with Gasteiger partial charge in [0.15, 0.2) is 6.10 Å². The molecular weight excluding hydrogens is 440 g/mol. The number of carbonyl (C=O) groups is 2. The topological polar surface area (TPSA) is 101 Å². The number of benzene rings is 3. The fraction of sp³-hybridized carbons (Fsp3) is 0.231. The van der Waals surface area contributed by atoms with Crippen LogP contribution in [0.1, 0.15) is 20.7 Å². The van der Waals surface area contributed by atoms with E-state index >= 15 is 0 Å². The molecular formula is C26H24O8. The second-order valence-corrected chi connectivity index (χ2v) is 7.53. The minimum absolute atomic E-state index is 0.188. The van der Waals surface area contributed by atoms with Crippen molar-refractivity contribution in [2.24, 2.45) is 0 Å². The lowest BCUT2D eigenvalue weighted by molar-refractivity contribution is -0.241. The second kappa shape index (κ2) is 10.8. The van der Waals surface area contributed by atoms with E-state index in [1.54, 1.807) is 92.0 Å². The van der Waals surface area contributed by atoms with Crippen LogP contribution in [0.2, 0.25) is 0 Å². The van der Waals surface area contributed by atoms with Crippen molar-refractivity contribution in [1.82, 2.24) is 0 Å². The first kappa shape index (κ1) is 23.3. The minimum Gasteiger partial charge on any atom is -0.497 e. The molecule has 176 valence electrons. The minimum atomic E-state index is -1.24. The standard InChI is InChI=1S/C26H24O8/c1-30-19-12-14-20(15-13-19)32-26-23(34-25(29)18-10-6-3-7-11-18)22(21(27)16-31-26)33-24(28)17-8-4-2-5-9-17/h2-15,21-23,26-27H,16H2,1H3/t21-,22+,23-,26-/m1/s1. The highest BCUT2D eigenvalue weighted by Crippen LogP contribution is 2.27. The molecule has 0 aromatic heterocycles. The lowest BCUT2D eigenvalue weighted by Crippen LogP contribution is -2.58. The molecule has 0 bridgehead atoms. The zero-order valence-corrected chi connectivity index (χ0v) is 18.4. The Morgan fingerprint density at radius 2 is 1.26 bits per heavy atom. The molecule has 8 heteroatoms. The van der Waals surface area contributed by atoms with E-state index in [1.807, 2.05) is 0 Å². The maximum absolute atomic E-state index is 12.8. The third-order valence-electron chi connectivity index (χ3n) is 5.22. The van der Waals surface area contributed by atoms with E-state index in [4.69, 9.17) is 23.7 Å². The fourth-order valence-electron chi connectivity index (χ4n) is 3.45. The number of esters is 2. The molecule has 1 fully saturated rings. The summed E-state index contributed by atoms with van der Waals surface area (Å²) in [6, 6.07) is 23.4. The van der Waals surface area contributed by atoms with Crippen molar-refractivity contribution in [2.45, 2.75) is 24.6 Å². The van der Waals surface area contributed by atoms with Gasteiger partial charge in [-0.2, -0.15) is 0 Å². The quantitative estimate of drug-likeness (QED) is 0.532. The van der Waals surface area contributed by atoms with Gasteiger partial charge in [0.05, 0.1) is 24.8 Å². The molecule has 4 atom stereocenters. The smallest absolute Gasteiger partial charge is 0.338 e. The Hall–Kier alpha value is -3.88. The summed E-state index contributed by atoms with van der Waals surface area (Å²) in [4.78, 5) is 25.6. The van der Waals surface area contributed by atoms with Crippen LogP contribution in [0.4, 0.5) is 0 Å². The van der Waals surface area contributed by atoms with Gasteiger partial charge in [0.1, 0.15) is 17.6 Å². The number of methoxy groups -OCH3 is 1. The number of hydrogen-bond donors (Lipinski definition) is 1. The summed E-state index contributed by atoms with van der Waals surface area (Å²) in [7, 11) is 1.55. The van der Waals surface area contributed by atoms with Crippen molar-refractivity contribution in [3.63, 3.8) is 0 Å². The average Bonchev–Trinajstić information content (AvgIpc) is 2.89. The molecule has 34 heavy (non-hydrogen) atoms. The van der Waals surface area contributed by atoms with Gasteiger partial charge in [-0.05, 0) is 48.5 Å². The second-order valence-electron chi connectivity index (χ2n) is 7.53. The van der Waals surface area contributed by atoms with E-state index in [0.717, 1.165) is 0 Å². The van der Waals surface area contributed by atoms with E-state index in [0.29, 0.717) is 22.6 Å². The first-order chi connectivity index (χ1) is 16.5. The van der Waals surface area contributed by atoms with Crippen molar-refractivity contribution in [3.8, 4) is 11.5 Å². The van der Waals surface area contributed by atoms with Crippen LogP contribution in [-0.2, 0) is 14.2 Å². The monoisotopic (exact) mass is 464 g/mol. The molecule has 3 aromatic rings. The van der Waals surface area contributed by atoms with E-state index < -0.39 is 36.5 Å². The number of aliphatic hydroxyl groups excluding tert-OH is 1. The Bertz CT molecular complexity index is 1080.